The van der Waals surface area contributed by atoms with E-state index in [-0.39, 0.29) is 17.1 Å². The molecule has 2 aromatic carbocycles. The predicted octanol–water partition coefficient (Wildman–Crippen LogP) is 5.15. The van der Waals surface area contributed by atoms with Crippen LogP contribution in [0.3, 0.4) is 0 Å². The first kappa shape index (κ1) is 18.1. The summed E-state index contributed by atoms with van der Waals surface area (Å²) in [6, 6.07) is 11.2. The number of aryl methyl sites for hydroxylation is 1. The summed E-state index contributed by atoms with van der Waals surface area (Å²) >= 11 is 5.54. The van der Waals surface area contributed by atoms with Gasteiger partial charge in [-0.2, -0.15) is 13.2 Å². The minimum Gasteiger partial charge on any atom is -0.478 e. The molecule has 0 fully saturated rings. The van der Waals surface area contributed by atoms with Gasteiger partial charge in [-0.25, -0.2) is 4.79 Å². The van der Waals surface area contributed by atoms with Gasteiger partial charge in [-0.15, -0.1) is 0 Å². The Bertz CT molecular complexity index is 908. The quantitative estimate of drug-likeness (QED) is 0.744. The van der Waals surface area contributed by atoms with Crippen LogP contribution in [0.1, 0.15) is 11.1 Å². The standard InChI is InChI=1S/C18H12ClF3O4/c1-10-4-2-5-11(8-10)25-14-6-3-7-15-12(14)9-13(16(23)24)17(19,26-15)18(20,21)22/h2-9H,1H3,(H,23,24). The van der Waals surface area contributed by atoms with E-state index in [1.54, 1.807) is 18.2 Å². The Morgan fingerprint density at radius 2 is 1.92 bits per heavy atom. The van der Waals surface area contributed by atoms with E-state index in [1.807, 2.05) is 13.0 Å². The number of ether oxygens (including phenoxy) is 2. The molecule has 0 spiro atoms. The predicted molar refractivity (Wildman–Crippen MR) is 88.6 cm³/mol. The summed E-state index contributed by atoms with van der Waals surface area (Å²) < 4.78 is 50.6. The van der Waals surface area contributed by atoms with Gasteiger partial charge in [-0.1, -0.05) is 29.8 Å². The van der Waals surface area contributed by atoms with Crippen molar-refractivity contribution in [2.75, 3.05) is 0 Å². The number of benzene rings is 2. The summed E-state index contributed by atoms with van der Waals surface area (Å²) in [4.78, 5) is 11.4. The lowest BCUT2D eigenvalue weighted by Gasteiger charge is -2.34. The lowest BCUT2D eigenvalue weighted by atomic mass is 10.00. The third kappa shape index (κ3) is 3.10. The van der Waals surface area contributed by atoms with Crippen molar-refractivity contribution in [3.05, 3.63) is 59.2 Å². The molecule has 136 valence electrons. The van der Waals surface area contributed by atoms with E-state index in [4.69, 9.17) is 21.1 Å². The SMILES string of the molecule is Cc1cccc(Oc2cccc3c2C=C(C(=O)O)C(Cl)(C(F)(F)F)O3)c1. The Labute approximate surface area is 151 Å². The van der Waals surface area contributed by atoms with Gasteiger partial charge < -0.3 is 14.6 Å². The number of fused-ring (bicyclic) bond motifs is 1. The van der Waals surface area contributed by atoms with E-state index in [0.717, 1.165) is 11.6 Å². The molecule has 0 amide bonds. The molecule has 1 atom stereocenters. The van der Waals surface area contributed by atoms with Crippen LogP contribution < -0.4 is 9.47 Å². The molecule has 0 aromatic heterocycles. The fraction of sp³-hybridized carbons (Fsp3) is 0.167. The van der Waals surface area contributed by atoms with Crippen molar-refractivity contribution in [1.82, 2.24) is 0 Å². The summed E-state index contributed by atoms with van der Waals surface area (Å²) in [5.74, 6) is -1.48. The van der Waals surface area contributed by atoms with E-state index < -0.39 is 22.8 Å². The zero-order valence-corrected chi connectivity index (χ0v) is 14.1. The normalized spacial score (nSPS) is 19.2. The average Bonchev–Trinajstić information content (AvgIpc) is 2.53. The van der Waals surface area contributed by atoms with Gasteiger partial charge in [0, 0.05) is 0 Å². The molecule has 1 aliphatic rings. The maximum atomic E-state index is 13.3. The third-order valence-electron chi connectivity index (χ3n) is 3.72. The van der Waals surface area contributed by atoms with Crippen molar-refractivity contribution in [1.29, 1.82) is 0 Å². The van der Waals surface area contributed by atoms with Crippen LogP contribution in [0.4, 0.5) is 13.2 Å². The summed E-state index contributed by atoms with van der Waals surface area (Å²) in [5.41, 5.74) is -0.159. The zero-order valence-electron chi connectivity index (χ0n) is 13.3. The summed E-state index contributed by atoms with van der Waals surface area (Å²) in [6.07, 6.45) is -4.31. The van der Waals surface area contributed by atoms with Crippen molar-refractivity contribution in [2.24, 2.45) is 0 Å². The van der Waals surface area contributed by atoms with Gasteiger partial charge in [0.25, 0.3) is 0 Å². The highest BCUT2D eigenvalue weighted by Gasteiger charge is 2.62. The Morgan fingerprint density at radius 3 is 2.54 bits per heavy atom. The highest BCUT2D eigenvalue weighted by Crippen LogP contribution is 2.50. The Balaban J connectivity index is 2.11. The molecular weight excluding hydrogens is 373 g/mol. The van der Waals surface area contributed by atoms with Crippen molar-refractivity contribution < 1.29 is 32.5 Å². The van der Waals surface area contributed by atoms with Gasteiger partial charge in [-0.05, 0) is 42.8 Å². The van der Waals surface area contributed by atoms with Gasteiger partial charge in [-0.3, -0.25) is 0 Å². The first-order valence-corrected chi connectivity index (χ1v) is 7.77. The molecule has 0 aliphatic carbocycles. The lowest BCUT2D eigenvalue weighted by molar-refractivity contribution is -0.204. The van der Waals surface area contributed by atoms with Crippen LogP contribution in [-0.2, 0) is 4.79 Å². The van der Waals surface area contributed by atoms with Crippen molar-refractivity contribution in [3.63, 3.8) is 0 Å². The highest BCUT2D eigenvalue weighted by molar-refractivity contribution is 6.29. The molecule has 1 aliphatic heterocycles. The minimum absolute atomic E-state index is 0.0620. The average molecular weight is 385 g/mol. The van der Waals surface area contributed by atoms with E-state index in [2.05, 4.69) is 0 Å². The number of carbonyl (C=O) groups is 1. The number of carboxylic acids is 1. The van der Waals surface area contributed by atoms with Crippen molar-refractivity contribution in [2.45, 2.75) is 18.2 Å². The van der Waals surface area contributed by atoms with Gasteiger partial charge in [0.05, 0.1) is 5.56 Å². The number of carboxylic acid groups (broad SMARTS) is 1. The smallest absolute Gasteiger partial charge is 0.448 e. The van der Waals surface area contributed by atoms with Gasteiger partial charge in [0.1, 0.15) is 22.8 Å². The molecule has 26 heavy (non-hydrogen) atoms. The number of alkyl halides is 4. The van der Waals surface area contributed by atoms with Crippen LogP contribution in [0.2, 0.25) is 0 Å². The van der Waals surface area contributed by atoms with Crippen LogP contribution in [0.15, 0.2) is 48.0 Å². The molecule has 0 saturated heterocycles. The van der Waals surface area contributed by atoms with Crippen LogP contribution in [0.25, 0.3) is 6.08 Å². The lowest BCUT2D eigenvalue weighted by Crippen LogP contribution is -2.50. The molecule has 0 radical (unpaired) electrons. The fourth-order valence-corrected chi connectivity index (χ4v) is 2.72. The minimum atomic E-state index is -5.14. The largest absolute Gasteiger partial charge is 0.478 e. The number of hydrogen-bond donors (Lipinski definition) is 1. The molecule has 1 unspecified atom stereocenters. The molecule has 1 heterocycles. The number of halogens is 4. The first-order chi connectivity index (χ1) is 12.1. The zero-order chi connectivity index (χ0) is 19.1. The van der Waals surface area contributed by atoms with E-state index in [9.17, 15) is 23.1 Å². The Morgan fingerprint density at radius 1 is 1.23 bits per heavy atom. The second kappa shape index (κ2) is 6.25. The Hall–Kier alpha value is -2.67. The molecule has 4 nitrogen and oxygen atoms in total. The van der Waals surface area contributed by atoms with Gasteiger partial charge in [0.2, 0.25) is 0 Å². The molecule has 3 rings (SSSR count). The second-order valence-corrected chi connectivity index (χ2v) is 6.18. The number of aliphatic carboxylic acids is 1. The molecule has 0 saturated carbocycles. The number of rotatable bonds is 3. The molecular formula is C18H12ClF3O4. The van der Waals surface area contributed by atoms with E-state index in [1.165, 1.54) is 18.2 Å². The molecule has 1 N–H and O–H groups in total. The van der Waals surface area contributed by atoms with Gasteiger partial charge >= 0.3 is 17.2 Å². The highest BCUT2D eigenvalue weighted by atomic mass is 35.5. The van der Waals surface area contributed by atoms with Crippen molar-refractivity contribution >= 4 is 23.6 Å². The first-order valence-electron chi connectivity index (χ1n) is 7.39. The molecule has 0 bridgehead atoms. The van der Waals surface area contributed by atoms with E-state index >= 15 is 0 Å². The maximum absolute atomic E-state index is 13.3. The van der Waals surface area contributed by atoms with Gasteiger partial charge in [0.15, 0.2) is 0 Å². The summed E-state index contributed by atoms with van der Waals surface area (Å²) in [5, 5.41) is 5.73. The third-order valence-corrected chi connectivity index (χ3v) is 4.22. The number of hydrogen-bond acceptors (Lipinski definition) is 3. The van der Waals surface area contributed by atoms with Crippen molar-refractivity contribution in [3.8, 4) is 17.2 Å². The Kier molecular flexibility index (Phi) is 4.36. The molecule has 2 aromatic rings. The maximum Gasteiger partial charge on any atom is 0.448 e. The van der Waals surface area contributed by atoms with Crippen LogP contribution >= 0.6 is 11.6 Å². The second-order valence-electron chi connectivity index (χ2n) is 5.64. The van der Waals surface area contributed by atoms with Crippen LogP contribution in [0.5, 0.6) is 17.2 Å². The summed E-state index contributed by atoms with van der Waals surface area (Å²) in [6.45, 7) is 1.85. The van der Waals surface area contributed by atoms with E-state index in [0.29, 0.717) is 5.75 Å². The van der Waals surface area contributed by atoms with Crippen LogP contribution in [0, 0.1) is 6.92 Å². The van der Waals surface area contributed by atoms with Crippen LogP contribution in [-0.4, -0.2) is 22.3 Å². The monoisotopic (exact) mass is 384 g/mol. The summed E-state index contributed by atoms with van der Waals surface area (Å²) in [7, 11) is 0. The fourth-order valence-electron chi connectivity index (χ4n) is 2.50. The topological polar surface area (TPSA) is 55.8 Å². The molecule has 8 heteroatoms.